The molecule has 0 radical (unpaired) electrons. The van der Waals surface area contributed by atoms with Gasteiger partial charge in [-0.25, -0.2) is 9.67 Å². The number of nitrogens with zero attached hydrogens (tertiary/aromatic N) is 6. The van der Waals surface area contributed by atoms with E-state index in [4.69, 9.17) is 12.2 Å². The number of halogens is 3. The topological polar surface area (TPSA) is 81.6 Å². The zero-order valence-corrected chi connectivity index (χ0v) is 25.8. The van der Waals surface area contributed by atoms with Gasteiger partial charge in [0.1, 0.15) is 12.1 Å². The molecule has 0 aliphatic rings. The molecule has 13 heteroatoms. The van der Waals surface area contributed by atoms with Gasteiger partial charge in [0.2, 0.25) is 5.11 Å². The second-order valence-corrected chi connectivity index (χ2v) is 11.4. The molecule has 1 N–H and O–H groups in total. The molecule has 0 saturated heterocycles. The molecule has 0 bridgehead atoms. The number of thiazole rings is 1. The van der Waals surface area contributed by atoms with Gasteiger partial charge in [0.15, 0.2) is 10.6 Å². The van der Waals surface area contributed by atoms with Crippen LogP contribution in [0.5, 0.6) is 5.75 Å². The molecule has 2 heterocycles. The first-order valence-corrected chi connectivity index (χ1v) is 14.8. The van der Waals surface area contributed by atoms with Gasteiger partial charge in [0, 0.05) is 16.6 Å². The molecule has 0 fully saturated rings. The van der Waals surface area contributed by atoms with E-state index in [1.807, 2.05) is 24.3 Å². The highest BCUT2D eigenvalue weighted by Crippen LogP contribution is 2.26. The van der Waals surface area contributed by atoms with E-state index in [0.29, 0.717) is 17.4 Å². The summed E-state index contributed by atoms with van der Waals surface area (Å²) < 4.78 is 44.7. The van der Waals surface area contributed by atoms with Crippen LogP contribution in [0.1, 0.15) is 42.1 Å². The molecule has 3 aromatic carbocycles. The quantitative estimate of drug-likeness (QED) is 0.116. The summed E-state index contributed by atoms with van der Waals surface area (Å²) in [7, 11) is 0. The summed E-state index contributed by atoms with van der Waals surface area (Å²) in [6, 6.07) is 19.2. The number of hydrazone groups is 1. The fourth-order valence-electron chi connectivity index (χ4n) is 4.41. The smallest absolute Gasteiger partial charge is 0.406 e. The molecule has 0 aliphatic heterocycles. The average molecular weight is 636 g/mol. The van der Waals surface area contributed by atoms with Gasteiger partial charge < -0.3 is 4.74 Å². The number of hydrogen-bond donors (Lipinski definition) is 1. The maximum atomic E-state index is 12.4. The Labute approximate surface area is 261 Å². The fraction of sp³-hybridized carbons (Fsp3) is 0.194. The van der Waals surface area contributed by atoms with Gasteiger partial charge in [-0.15, -0.1) is 29.6 Å². The average Bonchev–Trinajstić information content (AvgIpc) is 3.60. The molecule has 0 atom stereocenters. The van der Waals surface area contributed by atoms with Crippen molar-refractivity contribution in [1.29, 1.82) is 0 Å². The summed E-state index contributed by atoms with van der Waals surface area (Å²) >= 11 is 6.98. The number of aryl methyl sites for hydroxylation is 2. The monoisotopic (exact) mass is 635 g/mol. The lowest BCUT2D eigenvalue weighted by atomic mass is 9.99. The van der Waals surface area contributed by atoms with Crippen molar-refractivity contribution < 1.29 is 17.9 Å². The van der Waals surface area contributed by atoms with E-state index in [2.05, 4.69) is 86.2 Å². The minimum absolute atomic E-state index is 0.236. The molecule has 5 rings (SSSR count). The number of alkyl halides is 3. The Kier molecular flexibility index (Phi) is 9.06. The first-order chi connectivity index (χ1) is 21.0. The molecule has 8 nitrogen and oxygen atoms in total. The van der Waals surface area contributed by atoms with E-state index in [0.717, 1.165) is 27.3 Å². The number of aromatic nitrogens is 4. The normalized spacial score (nSPS) is 12.3. The van der Waals surface area contributed by atoms with E-state index >= 15 is 0 Å². The lowest BCUT2D eigenvalue weighted by molar-refractivity contribution is -0.274. The SMILES string of the molecule is Cc1ccc(C(C)C)c(-n2c(C)cs/c2=N\C(=S)N/N=C/c2ccc(-c3ncn(-c4ccc(OC(F)(F)F)cc4)n3)cc2)c1. The third-order valence-corrected chi connectivity index (χ3v) is 7.62. The van der Waals surface area contributed by atoms with E-state index in [9.17, 15) is 13.2 Å². The fourth-order valence-corrected chi connectivity index (χ4v) is 5.48. The van der Waals surface area contributed by atoms with Crippen molar-refractivity contribution in [2.24, 2.45) is 10.1 Å². The second kappa shape index (κ2) is 12.9. The van der Waals surface area contributed by atoms with Crippen molar-refractivity contribution in [2.45, 2.75) is 40.0 Å². The minimum Gasteiger partial charge on any atom is -0.406 e. The predicted octanol–water partition coefficient (Wildman–Crippen LogP) is 7.23. The van der Waals surface area contributed by atoms with Gasteiger partial charge in [-0.2, -0.15) is 10.1 Å². The van der Waals surface area contributed by atoms with Crippen LogP contribution < -0.4 is 15.0 Å². The summed E-state index contributed by atoms with van der Waals surface area (Å²) in [6.45, 7) is 8.47. The van der Waals surface area contributed by atoms with Crippen molar-refractivity contribution in [3.8, 4) is 28.5 Å². The summed E-state index contributed by atoms with van der Waals surface area (Å²) in [5, 5.41) is 11.0. The number of rotatable bonds is 7. The van der Waals surface area contributed by atoms with Gasteiger partial charge in [-0.1, -0.05) is 50.2 Å². The van der Waals surface area contributed by atoms with E-state index in [-0.39, 0.29) is 10.9 Å². The highest BCUT2D eigenvalue weighted by molar-refractivity contribution is 7.80. The lowest BCUT2D eigenvalue weighted by Gasteiger charge is -2.16. The first-order valence-electron chi connectivity index (χ1n) is 13.5. The Morgan fingerprint density at radius 1 is 1.05 bits per heavy atom. The maximum Gasteiger partial charge on any atom is 0.573 e. The summed E-state index contributed by atoms with van der Waals surface area (Å²) in [5.74, 6) is 0.492. The van der Waals surface area contributed by atoms with Crippen LogP contribution in [0.3, 0.4) is 0 Å². The van der Waals surface area contributed by atoms with Crippen LogP contribution in [0.15, 0.2) is 88.5 Å². The predicted molar refractivity (Wildman–Crippen MR) is 170 cm³/mol. The Hall–Kier alpha value is -4.62. The van der Waals surface area contributed by atoms with Crippen LogP contribution in [0.25, 0.3) is 22.8 Å². The standard InChI is InChI=1S/C31H28F3N7OS2/c1-19(2)26-14-5-20(3)15-27(26)41-21(4)17-44-30(41)37-29(43)38-36-16-22-6-8-23(9-7-22)28-35-18-40(39-28)24-10-12-25(13-11-24)42-31(32,33)34/h5-19H,1-4H3,(H,38,43)/b36-16+,37-30-. The van der Waals surface area contributed by atoms with Gasteiger partial charge in [0.25, 0.3) is 0 Å². The Morgan fingerprint density at radius 2 is 1.77 bits per heavy atom. The summed E-state index contributed by atoms with van der Waals surface area (Å²) in [4.78, 5) is 9.70. The third-order valence-electron chi connectivity index (χ3n) is 6.49. The van der Waals surface area contributed by atoms with Crippen LogP contribution in [0, 0.1) is 13.8 Å². The molecule has 0 spiro atoms. The van der Waals surface area contributed by atoms with Crippen LogP contribution in [0.2, 0.25) is 0 Å². The van der Waals surface area contributed by atoms with Crippen LogP contribution in [-0.4, -0.2) is 37.0 Å². The molecule has 0 saturated carbocycles. The minimum atomic E-state index is -4.75. The third kappa shape index (κ3) is 7.47. The maximum absolute atomic E-state index is 12.4. The highest BCUT2D eigenvalue weighted by Gasteiger charge is 2.31. The molecular formula is C31H28F3N7OS2. The molecule has 226 valence electrons. The molecule has 0 amide bonds. The van der Waals surface area contributed by atoms with Crippen LogP contribution in [-0.2, 0) is 0 Å². The van der Waals surface area contributed by atoms with Gasteiger partial charge in [-0.3, -0.25) is 9.99 Å². The molecule has 5 aromatic rings. The van der Waals surface area contributed by atoms with Gasteiger partial charge in [0.05, 0.1) is 17.6 Å². The van der Waals surface area contributed by atoms with Crippen molar-refractivity contribution in [3.05, 3.63) is 106 Å². The van der Waals surface area contributed by atoms with Gasteiger partial charge >= 0.3 is 6.36 Å². The van der Waals surface area contributed by atoms with E-state index in [1.165, 1.54) is 57.7 Å². The number of ether oxygens (including phenoxy) is 1. The highest BCUT2D eigenvalue weighted by atomic mass is 32.1. The van der Waals surface area contributed by atoms with E-state index < -0.39 is 6.36 Å². The number of nitrogens with one attached hydrogen (secondary N) is 1. The molecule has 0 unspecified atom stereocenters. The van der Waals surface area contributed by atoms with Crippen LogP contribution in [0.4, 0.5) is 13.2 Å². The van der Waals surface area contributed by atoms with Crippen molar-refractivity contribution in [1.82, 2.24) is 24.8 Å². The molecule has 2 aromatic heterocycles. The van der Waals surface area contributed by atoms with E-state index in [1.54, 1.807) is 6.21 Å². The zero-order chi connectivity index (χ0) is 31.4. The second-order valence-electron chi connectivity index (χ2n) is 10.2. The Balaban J connectivity index is 1.25. The summed E-state index contributed by atoms with van der Waals surface area (Å²) in [6.07, 6.45) is -1.63. The van der Waals surface area contributed by atoms with Gasteiger partial charge in [-0.05, 0) is 79.0 Å². The molecule has 0 aliphatic carbocycles. The zero-order valence-electron chi connectivity index (χ0n) is 24.2. The lowest BCUT2D eigenvalue weighted by Crippen LogP contribution is -2.22. The number of benzene rings is 3. The van der Waals surface area contributed by atoms with Crippen molar-refractivity contribution >= 4 is 34.9 Å². The Morgan fingerprint density at radius 3 is 2.45 bits per heavy atom. The molecular weight excluding hydrogens is 608 g/mol. The Bertz CT molecular complexity index is 1870. The molecule has 44 heavy (non-hydrogen) atoms. The largest absolute Gasteiger partial charge is 0.573 e. The van der Waals surface area contributed by atoms with Crippen molar-refractivity contribution in [3.63, 3.8) is 0 Å². The van der Waals surface area contributed by atoms with Crippen molar-refractivity contribution in [2.75, 3.05) is 0 Å². The first kappa shape index (κ1) is 30.8. The number of hydrogen-bond acceptors (Lipinski definition) is 6. The van der Waals surface area contributed by atoms with Crippen LogP contribution >= 0.6 is 23.6 Å². The number of thiocarbonyl (C=S) groups is 1. The summed E-state index contributed by atoms with van der Waals surface area (Å²) in [5.41, 5.74) is 9.50.